The summed E-state index contributed by atoms with van der Waals surface area (Å²) in [7, 11) is 8.82. The van der Waals surface area contributed by atoms with Crippen molar-refractivity contribution < 1.29 is 47.4 Å². The maximum Gasteiger partial charge on any atom is 0.258 e. The third kappa shape index (κ3) is 13.6. The molecule has 4 aliphatic rings. The number of para-hydroxylation sites is 2. The number of aryl methyl sites for hydroxylation is 2. The normalized spacial score (nSPS) is 16.3. The minimum atomic E-state index is -0.243. The first kappa shape index (κ1) is 56.8. The van der Waals surface area contributed by atoms with Crippen molar-refractivity contribution in [2.45, 2.75) is 96.3 Å². The average Bonchev–Trinajstić information content (AvgIpc) is 3.99. The van der Waals surface area contributed by atoms with Gasteiger partial charge in [0, 0.05) is 83.6 Å². The standard InChI is InChI=1S/C62H75N5O9S2/c1-8-63-37-51(68)16-13-27-77-78-62(3,4)41-65(21-22-73-25-26-74-24-23-71-6)49-30-43(39-75-57-34-45-19-20-48-32-46-14-9-11-17-54(46)66(48)60(69)52(45)28-42(57)2)29-44(31-49)40-76-59-36-56-53(35-58(59)72-7)61(70)67-50(38-64(56)5)33-47-15-10-12-18-55(47)67/h9-12,14-15,17-18,28-31,34-36,48,50,63H,8,13,16,19-27,32-33,37,39-41H2,1-7H3/t48-,50+/m1/s1. The molecule has 0 saturated carbocycles. The number of carbonyl (C=O) groups excluding carboxylic acids is 3. The predicted molar refractivity (Wildman–Crippen MR) is 313 cm³/mol. The summed E-state index contributed by atoms with van der Waals surface area (Å²) in [5.74, 6) is 2.74. The number of methoxy groups -OCH3 is 2. The van der Waals surface area contributed by atoms with Crippen LogP contribution in [0.2, 0.25) is 0 Å². The molecule has 0 saturated heterocycles. The van der Waals surface area contributed by atoms with Crippen molar-refractivity contribution in [2.24, 2.45) is 0 Å². The second kappa shape index (κ2) is 26.4. The van der Waals surface area contributed by atoms with Crippen molar-refractivity contribution in [1.82, 2.24) is 5.32 Å². The number of fused-ring (bicyclic) bond motifs is 8. The summed E-state index contributed by atoms with van der Waals surface area (Å²) < 4.78 is 38.2. The monoisotopic (exact) mass is 1100 g/mol. The number of carbonyl (C=O) groups is 3. The van der Waals surface area contributed by atoms with Crippen molar-refractivity contribution in [1.29, 1.82) is 0 Å². The van der Waals surface area contributed by atoms with Gasteiger partial charge in [-0.3, -0.25) is 14.4 Å². The molecule has 16 heteroatoms. The Balaban J connectivity index is 0.990. The zero-order valence-electron chi connectivity index (χ0n) is 46.3. The first-order valence-corrected chi connectivity index (χ1v) is 29.7. The average molecular weight is 1100 g/mol. The van der Waals surface area contributed by atoms with E-state index < -0.39 is 0 Å². The van der Waals surface area contributed by atoms with Crippen molar-refractivity contribution >= 4 is 68.1 Å². The Morgan fingerprint density at radius 1 is 0.795 bits per heavy atom. The first-order chi connectivity index (χ1) is 37.8. The van der Waals surface area contributed by atoms with Gasteiger partial charge in [0.1, 0.15) is 37.5 Å². The summed E-state index contributed by atoms with van der Waals surface area (Å²) in [6.45, 7) is 13.9. The van der Waals surface area contributed by atoms with Gasteiger partial charge in [0.15, 0.2) is 5.75 Å². The van der Waals surface area contributed by atoms with Crippen LogP contribution in [0.5, 0.6) is 17.2 Å². The fourth-order valence-corrected chi connectivity index (χ4v) is 13.5. The topological polar surface area (TPSA) is 131 Å². The van der Waals surface area contributed by atoms with Crippen LogP contribution >= 0.6 is 21.6 Å². The quantitative estimate of drug-likeness (QED) is 0.0221. The van der Waals surface area contributed by atoms with E-state index in [9.17, 15) is 14.4 Å². The van der Waals surface area contributed by atoms with Crippen LogP contribution in [0, 0.1) is 6.92 Å². The molecule has 0 fully saturated rings. The lowest BCUT2D eigenvalue weighted by Crippen LogP contribution is -2.38. The fourth-order valence-electron chi connectivity index (χ4n) is 10.9. The summed E-state index contributed by atoms with van der Waals surface area (Å²) in [6.07, 6.45) is 8.14. The van der Waals surface area contributed by atoms with E-state index in [2.05, 4.69) is 78.8 Å². The molecule has 0 unspecified atom stereocenters. The number of ketones is 1. The van der Waals surface area contributed by atoms with E-state index in [0.29, 0.717) is 88.3 Å². The predicted octanol–water partition coefficient (Wildman–Crippen LogP) is 10.1. The number of hydrogen-bond acceptors (Lipinski definition) is 13. The zero-order valence-corrected chi connectivity index (χ0v) is 48.0. The van der Waals surface area contributed by atoms with Crippen LogP contribution in [0.4, 0.5) is 22.7 Å². The minimum absolute atomic E-state index is 0.0495. The smallest absolute Gasteiger partial charge is 0.258 e. The Labute approximate surface area is 468 Å². The van der Waals surface area contributed by atoms with Gasteiger partial charge in [-0.2, -0.15) is 0 Å². The number of hydrogen-bond donors (Lipinski definition) is 1. The number of rotatable bonds is 28. The van der Waals surface area contributed by atoms with Crippen LogP contribution in [-0.2, 0) is 51.5 Å². The Morgan fingerprint density at radius 2 is 1.47 bits per heavy atom. The van der Waals surface area contributed by atoms with Crippen LogP contribution in [0.15, 0.2) is 91.0 Å². The van der Waals surface area contributed by atoms with Crippen LogP contribution in [0.3, 0.4) is 0 Å². The number of benzene rings is 5. The van der Waals surface area contributed by atoms with E-state index in [1.807, 2.05) is 82.5 Å². The number of nitrogens with one attached hydrogen (secondary N) is 1. The third-order valence-corrected chi connectivity index (χ3v) is 18.1. The fraction of sp³-hybridized carbons (Fsp3) is 0.452. The highest BCUT2D eigenvalue weighted by molar-refractivity contribution is 8.77. The van der Waals surface area contributed by atoms with Gasteiger partial charge in [-0.25, -0.2) is 0 Å². The zero-order chi connectivity index (χ0) is 54.8. The van der Waals surface area contributed by atoms with Gasteiger partial charge in [-0.1, -0.05) is 64.9 Å². The van der Waals surface area contributed by atoms with E-state index in [4.69, 9.17) is 28.4 Å². The Morgan fingerprint density at radius 3 is 2.21 bits per heavy atom. The number of likely N-dealkylation sites (N-methyl/N-ethyl adjacent to an activating group) is 1. The molecule has 0 radical (unpaired) electrons. The van der Waals surface area contributed by atoms with E-state index >= 15 is 0 Å². The lowest BCUT2D eigenvalue weighted by molar-refractivity contribution is -0.401. The van der Waals surface area contributed by atoms with E-state index in [1.165, 1.54) is 5.56 Å². The molecule has 4 heterocycles. The second-order valence-corrected chi connectivity index (χ2v) is 24.1. The number of ether oxygens (including phenoxy) is 6. The molecule has 0 bridgehead atoms. The minimum Gasteiger partial charge on any atom is -0.493 e. The maximum absolute atomic E-state index is 14.4. The number of Topliss-reactive ketones (excluding diaryl/α,β-unsaturated/α-hetero) is 1. The Kier molecular flexibility index (Phi) is 19.2. The van der Waals surface area contributed by atoms with E-state index in [1.54, 1.807) is 31.1 Å². The van der Waals surface area contributed by atoms with Crippen molar-refractivity contribution in [3.63, 3.8) is 0 Å². The van der Waals surface area contributed by atoms with Gasteiger partial charge in [-0.15, -0.1) is 0 Å². The molecule has 2 atom stereocenters. The summed E-state index contributed by atoms with van der Waals surface area (Å²) >= 11 is 0. The molecule has 0 aromatic heterocycles. The van der Waals surface area contributed by atoms with Gasteiger partial charge in [0.25, 0.3) is 5.91 Å². The summed E-state index contributed by atoms with van der Waals surface area (Å²) in [4.78, 5) is 47.3. The lowest BCUT2D eigenvalue weighted by Gasteiger charge is -2.34. The maximum atomic E-state index is 14.4. The molecule has 14 nitrogen and oxygen atoms in total. The molecule has 4 aliphatic heterocycles. The van der Waals surface area contributed by atoms with E-state index in [-0.39, 0.29) is 47.6 Å². The molecular weight excluding hydrogens is 1020 g/mol. The highest BCUT2D eigenvalue weighted by Gasteiger charge is 2.38. The number of nitrogens with zero attached hydrogens (tertiary/aromatic N) is 4. The van der Waals surface area contributed by atoms with Crippen LogP contribution < -0.4 is 34.2 Å². The van der Waals surface area contributed by atoms with Crippen molar-refractivity contribution in [3.8, 4) is 17.2 Å². The highest BCUT2D eigenvalue weighted by atomic mass is 33.1. The second-order valence-electron chi connectivity index (χ2n) is 21.0. The summed E-state index contributed by atoms with van der Waals surface area (Å²) in [5.41, 5.74) is 10.9. The molecule has 2 amide bonds. The molecular formula is C62H75N5O9S2. The van der Waals surface area contributed by atoms with Gasteiger partial charge in [-0.05, 0) is 147 Å². The summed E-state index contributed by atoms with van der Waals surface area (Å²) in [5, 5.41) is 3.14. The van der Waals surface area contributed by atoms with Gasteiger partial charge >= 0.3 is 0 Å². The van der Waals surface area contributed by atoms with Crippen LogP contribution in [0.1, 0.15) is 94.1 Å². The van der Waals surface area contributed by atoms with Crippen molar-refractivity contribution in [3.05, 3.63) is 136 Å². The Hall–Kier alpha value is -5.88. The first-order valence-electron chi connectivity index (χ1n) is 27.3. The van der Waals surface area contributed by atoms with Gasteiger partial charge in [0.05, 0.1) is 52.4 Å². The molecule has 0 spiro atoms. The van der Waals surface area contributed by atoms with E-state index in [0.717, 1.165) is 94.2 Å². The molecule has 78 heavy (non-hydrogen) atoms. The van der Waals surface area contributed by atoms with Crippen LogP contribution in [0.25, 0.3) is 0 Å². The molecule has 1 N–H and O–H groups in total. The van der Waals surface area contributed by atoms with Crippen molar-refractivity contribution in [2.75, 3.05) is 101 Å². The molecule has 414 valence electrons. The summed E-state index contributed by atoms with van der Waals surface area (Å²) in [6, 6.07) is 30.4. The molecule has 9 rings (SSSR count). The Bertz CT molecular complexity index is 2980. The molecule has 5 aromatic rings. The molecule has 5 aromatic carbocycles. The number of anilines is 3. The molecule has 0 aliphatic carbocycles. The SMILES string of the molecule is CCNCC(=O)CCCSSC(C)(C)CN(CCOCCOCCOC)c1cc(COc2cc3c(cc2C)C(=O)N2c4ccccc4C[C@H]2CC3)cc(COc2cc3c(cc2OC)C(=O)N2c4ccccc4C[C@H]2[C-]=[N+]3C)c1. The third-order valence-electron chi connectivity index (χ3n) is 14.7. The lowest BCUT2D eigenvalue weighted by atomic mass is 9.98. The largest absolute Gasteiger partial charge is 0.493 e. The van der Waals surface area contributed by atoms with Gasteiger partial charge in [0.2, 0.25) is 5.91 Å². The number of amides is 2. The highest BCUT2D eigenvalue weighted by Crippen LogP contribution is 2.43. The van der Waals surface area contributed by atoms with Crippen LogP contribution in [-0.4, -0.2) is 131 Å². The van der Waals surface area contributed by atoms with Gasteiger partial charge < -0.3 is 53.0 Å².